The first kappa shape index (κ1) is 11.8. The summed E-state index contributed by atoms with van der Waals surface area (Å²) in [6.45, 7) is 2.07. The van der Waals surface area contributed by atoms with E-state index in [0.29, 0.717) is 0 Å². The number of sulfonamides is 1. The lowest BCUT2D eigenvalue weighted by atomic mass is 10.4. The molecule has 0 radical (unpaired) electrons. The fourth-order valence-corrected chi connectivity index (χ4v) is 1.25. The maximum Gasteiger partial charge on any atom is 0.0748 e. The van der Waals surface area contributed by atoms with Crippen LogP contribution in [0.5, 0.6) is 0 Å². The van der Waals surface area contributed by atoms with E-state index in [-0.39, 0.29) is 0 Å². The van der Waals surface area contributed by atoms with Crippen LogP contribution in [0.4, 0.5) is 0 Å². The van der Waals surface area contributed by atoms with Crippen LogP contribution in [0.2, 0.25) is 0 Å². The molecule has 0 amide bonds. The summed E-state index contributed by atoms with van der Waals surface area (Å²) < 4.78 is 25.5. The van der Waals surface area contributed by atoms with Gasteiger partial charge in [-0.25, -0.2) is 8.42 Å². The highest BCUT2D eigenvalue weighted by Gasteiger charge is 2.08. The minimum atomic E-state index is -3.52. The Bertz CT molecular complexity index is 208. The lowest BCUT2D eigenvalue weighted by molar-refractivity contribution is 0.210. The number of nitrogens with zero attached hydrogens (tertiary/aromatic N) is 1. The molecular formula is C6H14NO4S-. The first-order valence-corrected chi connectivity index (χ1v) is 5.12. The van der Waals surface area contributed by atoms with Crippen molar-refractivity contribution in [1.82, 2.24) is 0 Å². The van der Waals surface area contributed by atoms with Crippen LogP contribution in [0.1, 0.15) is 13.8 Å². The second-order valence-corrected chi connectivity index (χ2v) is 4.87. The van der Waals surface area contributed by atoms with Crippen LogP contribution in [0, 0.1) is 0 Å². The molecule has 0 aromatic carbocycles. The van der Waals surface area contributed by atoms with Crippen LogP contribution < -0.4 is 0 Å². The zero-order chi connectivity index (χ0) is 9.78. The highest BCUT2D eigenvalue weighted by atomic mass is 32.2. The molecule has 0 fully saturated rings. The van der Waals surface area contributed by atoms with E-state index >= 15 is 0 Å². The van der Waals surface area contributed by atoms with Gasteiger partial charge in [-0.2, -0.15) is 0 Å². The number of aliphatic hydroxyl groups is 2. The van der Waals surface area contributed by atoms with E-state index in [1.807, 2.05) is 0 Å². The third-order valence-corrected chi connectivity index (χ3v) is 3.10. The van der Waals surface area contributed by atoms with Gasteiger partial charge in [0.15, 0.2) is 0 Å². The van der Waals surface area contributed by atoms with Crippen molar-refractivity contribution in [2.24, 2.45) is 0 Å². The van der Waals surface area contributed by atoms with Gasteiger partial charge in [0.05, 0.1) is 10.0 Å². The molecule has 0 unspecified atom stereocenters. The smallest absolute Gasteiger partial charge is 0.0748 e. The van der Waals surface area contributed by atoms with E-state index in [9.17, 15) is 8.42 Å². The van der Waals surface area contributed by atoms with E-state index in [0.717, 1.165) is 0 Å². The van der Waals surface area contributed by atoms with E-state index < -0.39 is 34.5 Å². The van der Waals surface area contributed by atoms with Crippen molar-refractivity contribution in [3.63, 3.8) is 0 Å². The van der Waals surface area contributed by atoms with Crippen molar-refractivity contribution in [3.8, 4) is 0 Å². The van der Waals surface area contributed by atoms with Crippen LogP contribution in [0.15, 0.2) is 0 Å². The van der Waals surface area contributed by atoms with Crippen LogP contribution in [-0.2, 0) is 10.0 Å². The molecular weight excluding hydrogens is 182 g/mol. The molecule has 0 spiro atoms. The molecule has 0 aliphatic rings. The summed E-state index contributed by atoms with van der Waals surface area (Å²) in [7, 11) is -3.52. The van der Waals surface area contributed by atoms with Crippen molar-refractivity contribution in [3.05, 3.63) is 4.72 Å². The average molecular weight is 196 g/mol. The molecule has 5 nitrogen and oxygen atoms in total. The molecule has 0 saturated carbocycles. The summed E-state index contributed by atoms with van der Waals surface area (Å²) in [6, 6.07) is -0.919. The molecule has 0 rings (SSSR count). The molecule has 12 heavy (non-hydrogen) atoms. The van der Waals surface area contributed by atoms with Gasteiger partial charge in [0, 0.05) is 18.5 Å². The van der Waals surface area contributed by atoms with Crippen LogP contribution in [0.3, 0.4) is 0 Å². The Balaban J connectivity index is 4.23. The summed E-state index contributed by atoms with van der Waals surface area (Å²) in [6.07, 6.45) is 0. The molecule has 0 heterocycles. The van der Waals surface area contributed by atoms with Gasteiger partial charge in [-0.15, -0.1) is 0 Å². The van der Waals surface area contributed by atoms with E-state index in [1.165, 1.54) is 13.8 Å². The van der Waals surface area contributed by atoms with Gasteiger partial charge in [-0.05, 0) is 0 Å². The third kappa shape index (κ3) is 3.48. The zero-order valence-electron chi connectivity index (χ0n) is 7.14. The van der Waals surface area contributed by atoms with E-state index in [4.69, 9.17) is 10.2 Å². The average Bonchev–Trinajstić information content (AvgIpc) is 2.00. The summed E-state index contributed by atoms with van der Waals surface area (Å²) in [4.78, 5) is 0. The number of rotatable bonds is 5. The van der Waals surface area contributed by atoms with Crippen LogP contribution >= 0.6 is 0 Å². The van der Waals surface area contributed by atoms with Crippen molar-refractivity contribution in [2.45, 2.75) is 25.1 Å². The Labute approximate surface area is 72.5 Å². The first-order valence-electron chi connectivity index (χ1n) is 3.61. The Hall–Kier alpha value is -0.170. The predicted molar refractivity (Wildman–Crippen MR) is 45.4 cm³/mol. The first-order chi connectivity index (χ1) is 5.44. The Morgan fingerprint density at radius 1 is 1.25 bits per heavy atom. The molecule has 0 aliphatic heterocycles. The maximum atomic E-state index is 11.1. The lowest BCUT2D eigenvalue weighted by Gasteiger charge is -2.29. The Morgan fingerprint density at radius 3 is 1.92 bits per heavy atom. The molecule has 6 heteroatoms. The van der Waals surface area contributed by atoms with Crippen molar-refractivity contribution in [2.75, 3.05) is 13.2 Å². The molecule has 74 valence electrons. The molecule has 2 N–H and O–H groups in total. The highest BCUT2D eigenvalue weighted by molar-refractivity contribution is 7.94. The second kappa shape index (κ2) is 4.76. The summed E-state index contributed by atoms with van der Waals surface area (Å²) in [5.41, 5.74) is 0. The van der Waals surface area contributed by atoms with Gasteiger partial charge in [0.2, 0.25) is 0 Å². The van der Waals surface area contributed by atoms with E-state index in [2.05, 4.69) is 4.72 Å². The van der Waals surface area contributed by atoms with Crippen molar-refractivity contribution < 1.29 is 18.6 Å². The zero-order valence-corrected chi connectivity index (χ0v) is 7.95. The number of hydrogen-bond acceptors (Lipinski definition) is 4. The Kier molecular flexibility index (Phi) is 4.69. The standard InChI is InChI=1S/C6H14NO4S/c1-5(2)12(10,11)7-6(3-8)4-9/h5-6,8-9H,3-4H2,1-2H3/q-1. The number of hydrogen-bond donors (Lipinski definition) is 2. The summed E-state index contributed by atoms with van der Waals surface area (Å²) >= 11 is 0. The predicted octanol–water partition coefficient (Wildman–Crippen LogP) is -0.549. The minimum absolute atomic E-state index is 0.456. The van der Waals surface area contributed by atoms with Gasteiger partial charge < -0.3 is 14.9 Å². The molecule has 0 aromatic heterocycles. The molecule has 0 bridgehead atoms. The Morgan fingerprint density at radius 2 is 1.67 bits per heavy atom. The topological polar surface area (TPSA) is 88.7 Å². The summed E-state index contributed by atoms with van der Waals surface area (Å²) in [5.74, 6) is 0. The molecule has 0 saturated heterocycles. The summed E-state index contributed by atoms with van der Waals surface area (Å²) in [5, 5.41) is 16.5. The van der Waals surface area contributed by atoms with Crippen molar-refractivity contribution >= 4 is 10.0 Å². The quantitative estimate of drug-likeness (QED) is 0.617. The van der Waals surface area contributed by atoms with E-state index in [1.54, 1.807) is 0 Å². The maximum absolute atomic E-state index is 11.1. The molecule has 0 aromatic rings. The van der Waals surface area contributed by atoms with Gasteiger partial charge in [-0.3, -0.25) is 0 Å². The monoisotopic (exact) mass is 196 g/mol. The third-order valence-electron chi connectivity index (χ3n) is 1.31. The molecule has 0 atom stereocenters. The fraction of sp³-hybridized carbons (Fsp3) is 1.00. The fourth-order valence-electron chi connectivity index (χ4n) is 0.454. The normalized spacial score (nSPS) is 12.8. The van der Waals surface area contributed by atoms with Crippen LogP contribution in [-0.4, -0.2) is 43.1 Å². The highest BCUT2D eigenvalue weighted by Crippen LogP contribution is 2.13. The van der Waals surface area contributed by atoms with Crippen LogP contribution in [0.25, 0.3) is 4.72 Å². The van der Waals surface area contributed by atoms with Gasteiger partial charge in [0.25, 0.3) is 0 Å². The van der Waals surface area contributed by atoms with Crippen molar-refractivity contribution in [1.29, 1.82) is 0 Å². The largest absolute Gasteiger partial charge is 0.542 e. The van der Waals surface area contributed by atoms with Gasteiger partial charge in [0.1, 0.15) is 0 Å². The number of aliphatic hydroxyl groups excluding tert-OH is 2. The lowest BCUT2D eigenvalue weighted by Crippen LogP contribution is -2.24. The second-order valence-electron chi connectivity index (χ2n) is 2.69. The SMILES string of the molecule is CC(C)S(=O)(=O)[N-]C(CO)CO. The minimum Gasteiger partial charge on any atom is -0.542 e. The van der Waals surface area contributed by atoms with Gasteiger partial charge >= 0.3 is 0 Å². The van der Waals surface area contributed by atoms with Gasteiger partial charge in [-0.1, -0.05) is 19.9 Å². The molecule has 0 aliphatic carbocycles.